The molecule has 1 aliphatic rings. The lowest BCUT2D eigenvalue weighted by atomic mass is 9.93. The fourth-order valence-electron chi connectivity index (χ4n) is 2.63. The Labute approximate surface area is 121 Å². The maximum atomic E-state index is 12.8. The molecule has 0 aliphatic carbocycles. The van der Waals surface area contributed by atoms with E-state index >= 15 is 0 Å². The zero-order valence-electron chi connectivity index (χ0n) is 11.6. The molecule has 108 valence electrons. The maximum absolute atomic E-state index is 12.8. The molecule has 1 aromatic carbocycles. The molecule has 1 fully saturated rings. The Bertz CT molecular complexity index is 348. The van der Waals surface area contributed by atoms with Crippen LogP contribution in [-0.2, 0) is 6.54 Å². The van der Waals surface area contributed by atoms with Crippen molar-refractivity contribution in [1.29, 1.82) is 0 Å². The zero-order chi connectivity index (χ0) is 12.8. The second-order valence-electron chi connectivity index (χ2n) is 5.24. The summed E-state index contributed by atoms with van der Waals surface area (Å²) in [4.78, 5) is 2.48. The number of nitrogens with one attached hydrogen (secondary N) is 1. The summed E-state index contributed by atoms with van der Waals surface area (Å²) in [6.07, 6.45) is 3.88. The molecule has 1 aromatic rings. The average Bonchev–Trinajstić information content (AvgIpc) is 2.41. The van der Waals surface area contributed by atoms with Crippen molar-refractivity contribution in [2.75, 3.05) is 26.7 Å². The van der Waals surface area contributed by atoms with Crippen molar-refractivity contribution in [3.63, 3.8) is 0 Å². The van der Waals surface area contributed by atoms with Gasteiger partial charge in [0.05, 0.1) is 0 Å². The van der Waals surface area contributed by atoms with Crippen LogP contribution in [0.15, 0.2) is 24.3 Å². The highest BCUT2D eigenvalue weighted by molar-refractivity contribution is 5.85. The van der Waals surface area contributed by atoms with Gasteiger partial charge in [0.25, 0.3) is 0 Å². The van der Waals surface area contributed by atoms with Gasteiger partial charge in [0.15, 0.2) is 0 Å². The van der Waals surface area contributed by atoms with Crippen LogP contribution in [0.25, 0.3) is 0 Å². The van der Waals surface area contributed by atoms with Gasteiger partial charge in [-0.2, -0.15) is 0 Å². The first-order valence-electron chi connectivity index (χ1n) is 6.89. The SMILES string of the molecule is CNCCC1CCN(Cc2ccc(F)cc2)CC1.Cl. The summed E-state index contributed by atoms with van der Waals surface area (Å²) in [5.41, 5.74) is 1.21. The third kappa shape index (κ3) is 5.47. The average molecular weight is 287 g/mol. The Kier molecular flexibility index (Phi) is 7.36. The molecular formula is C15H24ClFN2. The molecule has 0 saturated carbocycles. The number of hydrogen-bond donors (Lipinski definition) is 1. The van der Waals surface area contributed by atoms with Crippen molar-refractivity contribution in [3.05, 3.63) is 35.6 Å². The Balaban J connectivity index is 0.00000180. The summed E-state index contributed by atoms with van der Waals surface area (Å²) in [6, 6.07) is 6.88. The van der Waals surface area contributed by atoms with Gasteiger partial charge in [0.1, 0.15) is 5.82 Å². The van der Waals surface area contributed by atoms with Crippen molar-refractivity contribution in [1.82, 2.24) is 10.2 Å². The maximum Gasteiger partial charge on any atom is 0.123 e. The minimum Gasteiger partial charge on any atom is -0.320 e. The van der Waals surface area contributed by atoms with Gasteiger partial charge in [-0.25, -0.2) is 4.39 Å². The van der Waals surface area contributed by atoms with Crippen molar-refractivity contribution in [3.8, 4) is 0 Å². The van der Waals surface area contributed by atoms with Crippen LogP contribution in [0.5, 0.6) is 0 Å². The number of halogens is 2. The Hall–Kier alpha value is -0.640. The van der Waals surface area contributed by atoms with Crippen molar-refractivity contribution >= 4 is 12.4 Å². The first-order valence-corrected chi connectivity index (χ1v) is 6.89. The smallest absolute Gasteiger partial charge is 0.123 e. The largest absolute Gasteiger partial charge is 0.320 e. The van der Waals surface area contributed by atoms with Gasteiger partial charge >= 0.3 is 0 Å². The summed E-state index contributed by atoms with van der Waals surface area (Å²) in [7, 11) is 2.02. The van der Waals surface area contributed by atoms with Crippen LogP contribution in [0, 0.1) is 11.7 Å². The summed E-state index contributed by atoms with van der Waals surface area (Å²) < 4.78 is 12.8. The van der Waals surface area contributed by atoms with E-state index in [9.17, 15) is 4.39 Å². The Morgan fingerprint density at radius 1 is 1.21 bits per heavy atom. The number of rotatable bonds is 5. The second kappa shape index (κ2) is 8.51. The molecule has 4 heteroatoms. The van der Waals surface area contributed by atoms with Gasteiger partial charge in [-0.1, -0.05) is 12.1 Å². The quantitative estimate of drug-likeness (QED) is 0.895. The molecule has 0 atom stereocenters. The number of nitrogens with zero attached hydrogens (tertiary/aromatic N) is 1. The highest BCUT2D eigenvalue weighted by Crippen LogP contribution is 2.21. The van der Waals surface area contributed by atoms with Crippen LogP contribution in [0.4, 0.5) is 4.39 Å². The molecule has 0 unspecified atom stereocenters. The molecule has 0 aromatic heterocycles. The van der Waals surface area contributed by atoms with Crippen molar-refractivity contribution in [2.24, 2.45) is 5.92 Å². The lowest BCUT2D eigenvalue weighted by molar-refractivity contribution is 0.172. The molecule has 0 bridgehead atoms. The molecule has 2 nitrogen and oxygen atoms in total. The van der Waals surface area contributed by atoms with Crippen LogP contribution in [0.3, 0.4) is 0 Å². The monoisotopic (exact) mass is 286 g/mol. The van der Waals surface area contributed by atoms with Crippen LogP contribution in [0.2, 0.25) is 0 Å². The normalized spacial score (nSPS) is 17.2. The van der Waals surface area contributed by atoms with Gasteiger partial charge in [-0.3, -0.25) is 4.90 Å². The van der Waals surface area contributed by atoms with Crippen molar-refractivity contribution in [2.45, 2.75) is 25.8 Å². The van der Waals surface area contributed by atoms with E-state index in [1.807, 2.05) is 19.2 Å². The molecule has 0 spiro atoms. The van der Waals surface area contributed by atoms with E-state index < -0.39 is 0 Å². The van der Waals surface area contributed by atoms with Crippen LogP contribution < -0.4 is 5.32 Å². The summed E-state index contributed by atoms with van der Waals surface area (Å²) in [5, 5.41) is 3.22. The topological polar surface area (TPSA) is 15.3 Å². The van der Waals surface area contributed by atoms with Gasteiger partial charge < -0.3 is 5.32 Å². The highest BCUT2D eigenvalue weighted by atomic mass is 35.5. The fourth-order valence-corrected chi connectivity index (χ4v) is 2.63. The van der Waals surface area contributed by atoms with Crippen LogP contribution >= 0.6 is 12.4 Å². The first-order chi connectivity index (χ1) is 8.78. The van der Waals surface area contributed by atoms with Gasteiger partial charge in [0.2, 0.25) is 0 Å². The first kappa shape index (κ1) is 16.4. The lowest BCUT2D eigenvalue weighted by Crippen LogP contribution is -2.34. The molecule has 1 saturated heterocycles. The predicted octanol–water partition coefficient (Wildman–Crippen LogP) is 3.07. The zero-order valence-corrected chi connectivity index (χ0v) is 12.4. The molecule has 1 heterocycles. The molecule has 19 heavy (non-hydrogen) atoms. The van der Waals surface area contributed by atoms with E-state index in [0.29, 0.717) is 0 Å². The van der Waals surface area contributed by atoms with Gasteiger partial charge in [-0.15, -0.1) is 12.4 Å². The molecule has 0 radical (unpaired) electrons. The number of benzene rings is 1. The minimum absolute atomic E-state index is 0. The van der Waals surface area contributed by atoms with Crippen molar-refractivity contribution < 1.29 is 4.39 Å². The van der Waals surface area contributed by atoms with Crippen LogP contribution in [-0.4, -0.2) is 31.6 Å². The molecular weight excluding hydrogens is 263 g/mol. The number of piperidine rings is 1. The third-order valence-corrected chi connectivity index (χ3v) is 3.83. The second-order valence-corrected chi connectivity index (χ2v) is 5.24. The summed E-state index contributed by atoms with van der Waals surface area (Å²) >= 11 is 0. The summed E-state index contributed by atoms with van der Waals surface area (Å²) in [6.45, 7) is 4.43. The van der Waals surface area contributed by atoms with E-state index in [2.05, 4.69) is 10.2 Å². The molecule has 1 aliphatic heterocycles. The predicted molar refractivity (Wildman–Crippen MR) is 80.2 cm³/mol. The highest BCUT2D eigenvalue weighted by Gasteiger charge is 2.18. The van der Waals surface area contributed by atoms with E-state index in [1.165, 1.54) is 37.9 Å². The molecule has 2 rings (SSSR count). The summed E-state index contributed by atoms with van der Waals surface area (Å²) in [5.74, 6) is 0.728. The standard InChI is InChI=1S/C15H23FN2.ClH/c1-17-9-6-13-7-10-18(11-8-13)12-14-2-4-15(16)5-3-14;/h2-5,13,17H,6-12H2,1H3;1H. The molecule has 0 amide bonds. The Morgan fingerprint density at radius 3 is 2.42 bits per heavy atom. The third-order valence-electron chi connectivity index (χ3n) is 3.83. The Morgan fingerprint density at radius 2 is 1.84 bits per heavy atom. The fraction of sp³-hybridized carbons (Fsp3) is 0.600. The lowest BCUT2D eigenvalue weighted by Gasteiger charge is -2.32. The van der Waals surface area contributed by atoms with Gasteiger partial charge in [0, 0.05) is 6.54 Å². The van der Waals surface area contributed by atoms with E-state index in [-0.39, 0.29) is 18.2 Å². The molecule has 1 N–H and O–H groups in total. The minimum atomic E-state index is -0.149. The van der Waals surface area contributed by atoms with Gasteiger partial charge in [-0.05, 0) is 69.6 Å². The number of hydrogen-bond acceptors (Lipinski definition) is 2. The van der Waals surface area contributed by atoms with E-state index in [1.54, 1.807) is 12.1 Å². The number of likely N-dealkylation sites (tertiary alicyclic amines) is 1. The van der Waals surface area contributed by atoms with E-state index in [0.717, 1.165) is 19.0 Å². The van der Waals surface area contributed by atoms with Crippen LogP contribution in [0.1, 0.15) is 24.8 Å². The van der Waals surface area contributed by atoms with E-state index in [4.69, 9.17) is 0 Å².